The molecule has 1 amide bonds. The van der Waals surface area contributed by atoms with Crippen molar-refractivity contribution in [2.75, 3.05) is 0 Å². The van der Waals surface area contributed by atoms with E-state index >= 15 is 0 Å². The smallest absolute Gasteiger partial charge is 0.244 e. The van der Waals surface area contributed by atoms with Crippen molar-refractivity contribution in [2.45, 2.75) is 25.9 Å². The first kappa shape index (κ1) is 15.1. The van der Waals surface area contributed by atoms with Crippen LogP contribution in [0.3, 0.4) is 0 Å². The van der Waals surface area contributed by atoms with E-state index < -0.39 is 0 Å². The summed E-state index contributed by atoms with van der Waals surface area (Å²) in [6.07, 6.45) is 5.15. The largest absolute Gasteiger partial charge is 0.345 e. The number of nitrogens with zero attached hydrogens (tertiary/aromatic N) is 3. The molecule has 7 heteroatoms. The second kappa shape index (κ2) is 6.50. The molecular formula is C15H14Cl2N4O. The van der Waals surface area contributed by atoms with Gasteiger partial charge in [0.2, 0.25) is 5.91 Å². The Labute approximate surface area is 137 Å². The van der Waals surface area contributed by atoms with Crippen LogP contribution in [0.1, 0.15) is 23.6 Å². The van der Waals surface area contributed by atoms with Gasteiger partial charge in [0.05, 0.1) is 6.54 Å². The number of fused-ring (bicyclic) bond motifs is 1. The standard InChI is InChI=1S/C15H14Cl2N4O/c16-11-6-10(7-12(17)8-11)3-4-15(22)18-9-14-20-19-13-2-1-5-21(13)14/h3-4,6-8H,1-2,5,9H2,(H,18,22). The summed E-state index contributed by atoms with van der Waals surface area (Å²) in [6, 6.07) is 5.12. The van der Waals surface area contributed by atoms with Gasteiger partial charge in [0, 0.05) is 29.1 Å². The lowest BCUT2D eigenvalue weighted by Gasteiger charge is -2.03. The molecule has 1 aromatic carbocycles. The second-order valence-electron chi connectivity index (χ2n) is 5.04. The first-order valence-electron chi connectivity index (χ1n) is 6.95. The maximum atomic E-state index is 11.9. The van der Waals surface area contributed by atoms with Crippen molar-refractivity contribution in [3.8, 4) is 0 Å². The minimum absolute atomic E-state index is 0.202. The van der Waals surface area contributed by atoms with Crippen LogP contribution in [0.4, 0.5) is 0 Å². The number of aromatic nitrogens is 3. The van der Waals surface area contributed by atoms with Crippen molar-refractivity contribution in [1.29, 1.82) is 0 Å². The minimum atomic E-state index is -0.202. The molecule has 2 aromatic rings. The number of hydrogen-bond donors (Lipinski definition) is 1. The Bertz CT molecular complexity index is 719. The van der Waals surface area contributed by atoms with Crippen molar-refractivity contribution in [3.05, 3.63) is 51.5 Å². The molecule has 0 atom stereocenters. The summed E-state index contributed by atoms with van der Waals surface area (Å²) < 4.78 is 2.06. The number of hydrogen-bond acceptors (Lipinski definition) is 3. The molecule has 2 heterocycles. The zero-order chi connectivity index (χ0) is 15.5. The lowest BCUT2D eigenvalue weighted by atomic mass is 10.2. The number of carbonyl (C=O) groups is 1. The van der Waals surface area contributed by atoms with Gasteiger partial charge in [-0.3, -0.25) is 4.79 Å². The van der Waals surface area contributed by atoms with Crippen LogP contribution in [-0.4, -0.2) is 20.7 Å². The summed E-state index contributed by atoms with van der Waals surface area (Å²) in [6.45, 7) is 1.29. The molecule has 3 rings (SSSR count). The zero-order valence-corrected chi connectivity index (χ0v) is 13.2. The third kappa shape index (κ3) is 3.48. The monoisotopic (exact) mass is 336 g/mol. The second-order valence-corrected chi connectivity index (χ2v) is 5.91. The summed E-state index contributed by atoms with van der Waals surface area (Å²) in [5.41, 5.74) is 0.774. The predicted molar refractivity (Wildman–Crippen MR) is 85.7 cm³/mol. The Kier molecular flexibility index (Phi) is 4.45. The first-order chi connectivity index (χ1) is 10.6. The van der Waals surface area contributed by atoms with Crippen molar-refractivity contribution < 1.29 is 4.79 Å². The minimum Gasteiger partial charge on any atom is -0.345 e. The summed E-state index contributed by atoms with van der Waals surface area (Å²) in [4.78, 5) is 11.9. The molecule has 1 N–H and O–H groups in total. The Hall–Kier alpha value is -1.85. The van der Waals surface area contributed by atoms with Gasteiger partial charge in [-0.15, -0.1) is 10.2 Å². The van der Waals surface area contributed by atoms with Crippen LogP contribution in [0, 0.1) is 0 Å². The third-order valence-corrected chi connectivity index (χ3v) is 3.86. The van der Waals surface area contributed by atoms with Crippen LogP contribution in [0.5, 0.6) is 0 Å². The molecule has 1 aliphatic heterocycles. The highest BCUT2D eigenvalue weighted by atomic mass is 35.5. The number of aryl methyl sites for hydroxylation is 1. The van der Waals surface area contributed by atoms with Gasteiger partial charge in [-0.1, -0.05) is 23.2 Å². The molecule has 5 nitrogen and oxygen atoms in total. The van der Waals surface area contributed by atoms with E-state index in [0.717, 1.165) is 36.6 Å². The highest BCUT2D eigenvalue weighted by molar-refractivity contribution is 6.34. The summed E-state index contributed by atoms with van der Waals surface area (Å²) in [7, 11) is 0. The fourth-order valence-corrected chi connectivity index (χ4v) is 2.95. The number of carbonyl (C=O) groups excluding carboxylic acids is 1. The molecule has 22 heavy (non-hydrogen) atoms. The van der Waals surface area contributed by atoms with Gasteiger partial charge in [-0.05, 0) is 36.3 Å². The molecule has 0 radical (unpaired) electrons. The van der Waals surface area contributed by atoms with Crippen LogP contribution < -0.4 is 5.32 Å². The van der Waals surface area contributed by atoms with E-state index in [-0.39, 0.29) is 5.91 Å². The van der Waals surface area contributed by atoms with Crippen LogP contribution >= 0.6 is 23.2 Å². The van der Waals surface area contributed by atoms with Crippen LogP contribution in [-0.2, 0) is 24.3 Å². The van der Waals surface area contributed by atoms with Crippen LogP contribution in [0.25, 0.3) is 6.08 Å². The number of benzene rings is 1. The number of amides is 1. The fraction of sp³-hybridized carbons (Fsp3) is 0.267. The molecular weight excluding hydrogens is 323 g/mol. The Balaban J connectivity index is 1.59. The van der Waals surface area contributed by atoms with E-state index in [1.165, 1.54) is 6.08 Å². The van der Waals surface area contributed by atoms with E-state index in [2.05, 4.69) is 20.1 Å². The lowest BCUT2D eigenvalue weighted by molar-refractivity contribution is -0.116. The van der Waals surface area contributed by atoms with Gasteiger partial charge in [0.1, 0.15) is 5.82 Å². The molecule has 0 unspecified atom stereocenters. The molecule has 0 saturated carbocycles. The maximum Gasteiger partial charge on any atom is 0.244 e. The van der Waals surface area contributed by atoms with Crippen LogP contribution in [0.2, 0.25) is 10.0 Å². The van der Waals surface area contributed by atoms with Crippen LogP contribution in [0.15, 0.2) is 24.3 Å². The van der Waals surface area contributed by atoms with E-state index in [9.17, 15) is 4.79 Å². The van der Waals surface area contributed by atoms with Crippen molar-refractivity contribution in [1.82, 2.24) is 20.1 Å². The van der Waals surface area contributed by atoms with Gasteiger partial charge in [0.15, 0.2) is 5.82 Å². The molecule has 0 aliphatic carbocycles. The average molecular weight is 337 g/mol. The molecule has 114 valence electrons. The SMILES string of the molecule is O=C(C=Cc1cc(Cl)cc(Cl)c1)NCc1nnc2n1CCC2. The molecule has 0 fully saturated rings. The van der Waals surface area contributed by atoms with Gasteiger partial charge >= 0.3 is 0 Å². The summed E-state index contributed by atoms with van der Waals surface area (Å²) in [5.74, 6) is 1.58. The van der Waals surface area contributed by atoms with Gasteiger partial charge in [-0.2, -0.15) is 0 Å². The Morgan fingerprint density at radius 3 is 2.82 bits per heavy atom. The van der Waals surface area contributed by atoms with E-state index in [1.54, 1.807) is 24.3 Å². The van der Waals surface area contributed by atoms with Crippen molar-refractivity contribution in [2.24, 2.45) is 0 Å². The molecule has 1 aromatic heterocycles. The van der Waals surface area contributed by atoms with Gasteiger partial charge in [-0.25, -0.2) is 0 Å². The molecule has 0 bridgehead atoms. The molecule has 0 spiro atoms. The van der Waals surface area contributed by atoms with Gasteiger partial charge < -0.3 is 9.88 Å². The highest BCUT2D eigenvalue weighted by Gasteiger charge is 2.16. The predicted octanol–water partition coefficient (Wildman–Crippen LogP) is 2.86. The summed E-state index contributed by atoms with van der Waals surface area (Å²) >= 11 is 11.8. The van der Waals surface area contributed by atoms with E-state index in [0.29, 0.717) is 16.6 Å². The third-order valence-electron chi connectivity index (χ3n) is 3.42. The van der Waals surface area contributed by atoms with Gasteiger partial charge in [0.25, 0.3) is 0 Å². The fourth-order valence-electron chi connectivity index (χ4n) is 2.41. The zero-order valence-electron chi connectivity index (χ0n) is 11.7. The van der Waals surface area contributed by atoms with E-state index in [1.807, 2.05) is 0 Å². The summed E-state index contributed by atoms with van der Waals surface area (Å²) in [5, 5.41) is 12.1. The van der Waals surface area contributed by atoms with E-state index in [4.69, 9.17) is 23.2 Å². The maximum absolute atomic E-state index is 11.9. The number of rotatable bonds is 4. The average Bonchev–Trinajstić information content (AvgIpc) is 3.05. The number of halogens is 2. The van der Waals surface area contributed by atoms with Crippen molar-refractivity contribution >= 4 is 35.2 Å². The number of nitrogens with one attached hydrogen (secondary N) is 1. The quantitative estimate of drug-likeness (QED) is 0.873. The topological polar surface area (TPSA) is 59.8 Å². The molecule has 1 aliphatic rings. The lowest BCUT2D eigenvalue weighted by Crippen LogP contribution is -2.22. The Morgan fingerprint density at radius 1 is 1.27 bits per heavy atom. The normalized spacial score (nSPS) is 13.5. The van der Waals surface area contributed by atoms with Crippen molar-refractivity contribution in [3.63, 3.8) is 0 Å². The highest BCUT2D eigenvalue weighted by Crippen LogP contribution is 2.19. The first-order valence-corrected chi connectivity index (χ1v) is 7.70. The molecule has 0 saturated heterocycles. The Morgan fingerprint density at radius 2 is 2.05 bits per heavy atom.